The van der Waals surface area contributed by atoms with Gasteiger partial charge in [-0.25, -0.2) is 4.79 Å². The summed E-state index contributed by atoms with van der Waals surface area (Å²) in [6.07, 6.45) is 1.34. The number of ketones is 1. The van der Waals surface area contributed by atoms with Crippen molar-refractivity contribution in [3.05, 3.63) is 72.1 Å². The van der Waals surface area contributed by atoms with Crippen molar-refractivity contribution in [2.24, 2.45) is 0 Å². The molecule has 0 radical (unpaired) electrons. The van der Waals surface area contributed by atoms with Crippen molar-refractivity contribution in [1.82, 2.24) is 14.5 Å². The number of rotatable bonds is 8. The van der Waals surface area contributed by atoms with E-state index in [9.17, 15) is 14.4 Å². The van der Waals surface area contributed by atoms with Crippen LogP contribution in [0.1, 0.15) is 45.7 Å². The van der Waals surface area contributed by atoms with Crippen LogP contribution in [-0.2, 0) is 13.0 Å². The Balaban J connectivity index is 1.74. The summed E-state index contributed by atoms with van der Waals surface area (Å²) >= 11 is 1.60. The molecule has 1 aliphatic rings. The number of nitrogens with one attached hydrogen (secondary N) is 1. The van der Waals surface area contributed by atoms with E-state index in [-0.39, 0.29) is 24.0 Å². The number of fused-ring (bicyclic) bond motifs is 1. The lowest BCUT2D eigenvalue weighted by atomic mass is 9.90. The van der Waals surface area contributed by atoms with Gasteiger partial charge in [0.1, 0.15) is 11.4 Å². The second kappa shape index (κ2) is 9.86. The highest BCUT2D eigenvalue weighted by molar-refractivity contribution is 7.10. The van der Waals surface area contributed by atoms with Gasteiger partial charge in [0, 0.05) is 18.0 Å². The molecular formula is C24H28N4O5S. The summed E-state index contributed by atoms with van der Waals surface area (Å²) in [5.41, 5.74) is 6.74. The zero-order chi connectivity index (χ0) is 24.4. The predicted octanol–water partition coefficient (Wildman–Crippen LogP) is 2.44. The van der Waals surface area contributed by atoms with Crippen LogP contribution in [0.2, 0.25) is 0 Å². The van der Waals surface area contributed by atoms with E-state index in [1.807, 2.05) is 41.5 Å². The van der Waals surface area contributed by atoms with Gasteiger partial charge < -0.3 is 15.2 Å². The van der Waals surface area contributed by atoms with E-state index >= 15 is 0 Å². The number of aromatic amines is 1. The van der Waals surface area contributed by atoms with Gasteiger partial charge in [-0.15, -0.1) is 11.3 Å². The van der Waals surface area contributed by atoms with E-state index in [4.69, 9.17) is 15.2 Å². The quantitative estimate of drug-likeness (QED) is 0.471. The minimum Gasteiger partial charge on any atom is -0.493 e. The van der Waals surface area contributed by atoms with Crippen LogP contribution < -0.4 is 26.5 Å². The standard InChI is InChI=1S/C24H28N4O5S/c1-4-8-28-22(25)20(23(30)26-24(28)31)16(29)13-27-9-7-14-11-17(32-2)18(33-3)12-15(14)21(27)19-6-5-10-34-19/h5-6,10-12,21H,4,7-9,13,25H2,1-3H3,(H,26,30,31)/t21-/m1/s1. The van der Waals surface area contributed by atoms with Gasteiger partial charge in [0.25, 0.3) is 5.56 Å². The fourth-order valence-corrected chi connectivity index (χ4v) is 5.39. The molecule has 3 heterocycles. The Morgan fingerprint density at radius 1 is 1.24 bits per heavy atom. The van der Waals surface area contributed by atoms with Crippen molar-refractivity contribution in [3.8, 4) is 11.5 Å². The number of Topliss-reactive ketones (excluding diaryl/α,β-unsaturated/α-hetero) is 1. The molecule has 2 aromatic heterocycles. The zero-order valence-corrected chi connectivity index (χ0v) is 20.2. The molecule has 3 aromatic rings. The summed E-state index contributed by atoms with van der Waals surface area (Å²) in [6, 6.07) is 7.74. The molecule has 0 saturated carbocycles. The van der Waals surface area contributed by atoms with Crippen LogP contribution in [-0.4, -0.2) is 47.5 Å². The number of ether oxygens (including phenoxy) is 2. The molecule has 1 atom stereocenters. The minimum absolute atomic E-state index is 0.0199. The lowest BCUT2D eigenvalue weighted by Gasteiger charge is -2.37. The molecule has 0 spiro atoms. The second-order valence-corrected chi connectivity index (χ2v) is 9.12. The normalized spacial score (nSPS) is 15.7. The molecule has 3 N–H and O–H groups in total. The van der Waals surface area contributed by atoms with E-state index in [1.54, 1.807) is 25.6 Å². The Labute approximate surface area is 200 Å². The van der Waals surface area contributed by atoms with Crippen LogP contribution in [0.25, 0.3) is 0 Å². The average Bonchev–Trinajstić information content (AvgIpc) is 3.35. The minimum atomic E-state index is -0.753. The predicted molar refractivity (Wildman–Crippen MR) is 131 cm³/mol. The van der Waals surface area contributed by atoms with Crippen LogP contribution in [0.4, 0.5) is 5.82 Å². The molecule has 9 nitrogen and oxygen atoms in total. The van der Waals surface area contributed by atoms with Crippen molar-refractivity contribution >= 4 is 22.9 Å². The summed E-state index contributed by atoms with van der Waals surface area (Å²) in [6.45, 7) is 2.79. The Morgan fingerprint density at radius 2 is 1.97 bits per heavy atom. The summed E-state index contributed by atoms with van der Waals surface area (Å²) < 4.78 is 12.2. The third-order valence-corrected chi connectivity index (χ3v) is 7.02. The molecular weight excluding hydrogens is 456 g/mol. The molecule has 0 fully saturated rings. The Kier molecular flexibility index (Phi) is 6.90. The van der Waals surface area contributed by atoms with Gasteiger partial charge in [0.15, 0.2) is 17.3 Å². The molecule has 1 aliphatic heterocycles. The molecule has 0 aliphatic carbocycles. The first-order valence-corrected chi connectivity index (χ1v) is 12.0. The molecule has 0 unspecified atom stereocenters. The van der Waals surface area contributed by atoms with Gasteiger partial charge in [0.2, 0.25) is 0 Å². The molecule has 180 valence electrons. The first-order valence-electron chi connectivity index (χ1n) is 11.1. The summed E-state index contributed by atoms with van der Waals surface area (Å²) in [5.74, 6) is 0.766. The van der Waals surface area contributed by atoms with E-state index in [0.717, 1.165) is 16.0 Å². The van der Waals surface area contributed by atoms with Crippen molar-refractivity contribution in [1.29, 1.82) is 0 Å². The van der Waals surface area contributed by atoms with E-state index in [1.165, 1.54) is 4.57 Å². The number of nitrogen functional groups attached to an aromatic ring is 1. The highest BCUT2D eigenvalue weighted by Gasteiger charge is 2.33. The zero-order valence-electron chi connectivity index (χ0n) is 19.4. The van der Waals surface area contributed by atoms with Gasteiger partial charge >= 0.3 is 5.69 Å². The van der Waals surface area contributed by atoms with E-state index < -0.39 is 17.0 Å². The Bertz CT molecular complexity index is 1310. The monoisotopic (exact) mass is 484 g/mol. The summed E-state index contributed by atoms with van der Waals surface area (Å²) in [5, 5.41) is 1.99. The van der Waals surface area contributed by atoms with Gasteiger partial charge in [0.05, 0.1) is 26.8 Å². The van der Waals surface area contributed by atoms with Gasteiger partial charge in [-0.3, -0.25) is 24.0 Å². The topological polar surface area (TPSA) is 120 Å². The summed E-state index contributed by atoms with van der Waals surface area (Å²) in [4.78, 5) is 43.4. The maximum Gasteiger partial charge on any atom is 0.329 e. The number of carbonyl (C=O) groups excluding carboxylic acids is 1. The highest BCUT2D eigenvalue weighted by Crippen LogP contribution is 2.42. The SMILES string of the molecule is CCCn1c(N)c(C(=O)CN2CCc3cc(OC)c(OC)cc3[C@@H]2c2cccs2)c(=O)[nH]c1=O. The number of H-pyrrole nitrogens is 1. The number of hydrogen-bond acceptors (Lipinski definition) is 8. The summed E-state index contributed by atoms with van der Waals surface area (Å²) in [7, 11) is 3.20. The second-order valence-electron chi connectivity index (χ2n) is 8.14. The Morgan fingerprint density at radius 3 is 2.62 bits per heavy atom. The smallest absolute Gasteiger partial charge is 0.329 e. The molecule has 0 bridgehead atoms. The largest absolute Gasteiger partial charge is 0.493 e. The van der Waals surface area contributed by atoms with Crippen molar-refractivity contribution in [2.45, 2.75) is 32.4 Å². The number of anilines is 1. The van der Waals surface area contributed by atoms with Crippen LogP contribution in [0, 0.1) is 0 Å². The van der Waals surface area contributed by atoms with Crippen molar-refractivity contribution in [2.75, 3.05) is 33.0 Å². The molecule has 4 rings (SSSR count). The third-order valence-electron chi connectivity index (χ3n) is 6.10. The van der Waals surface area contributed by atoms with E-state index in [2.05, 4.69) is 4.98 Å². The highest BCUT2D eigenvalue weighted by atomic mass is 32.1. The number of aromatic nitrogens is 2. The number of benzene rings is 1. The maximum absolute atomic E-state index is 13.4. The first-order chi connectivity index (χ1) is 16.4. The molecule has 1 aromatic carbocycles. The van der Waals surface area contributed by atoms with Crippen molar-refractivity contribution < 1.29 is 14.3 Å². The Hall–Kier alpha value is -3.37. The lowest BCUT2D eigenvalue weighted by molar-refractivity contribution is 0.0900. The number of hydrogen-bond donors (Lipinski definition) is 2. The average molecular weight is 485 g/mol. The number of thiophene rings is 1. The molecule has 0 saturated heterocycles. The van der Waals surface area contributed by atoms with Gasteiger partial charge in [-0.1, -0.05) is 13.0 Å². The van der Waals surface area contributed by atoms with Crippen LogP contribution in [0.5, 0.6) is 11.5 Å². The van der Waals surface area contributed by atoms with E-state index in [0.29, 0.717) is 37.4 Å². The van der Waals surface area contributed by atoms with Crippen LogP contribution in [0.3, 0.4) is 0 Å². The number of methoxy groups -OCH3 is 2. The number of nitrogens with two attached hydrogens (primary N) is 1. The van der Waals surface area contributed by atoms with Crippen LogP contribution >= 0.6 is 11.3 Å². The van der Waals surface area contributed by atoms with Gasteiger partial charge in [-0.2, -0.15) is 0 Å². The molecule has 34 heavy (non-hydrogen) atoms. The first kappa shape index (κ1) is 23.8. The lowest BCUT2D eigenvalue weighted by Crippen LogP contribution is -2.42. The molecule has 0 amide bonds. The van der Waals surface area contributed by atoms with Crippen molar-refractivity contribution in [3.63, 3.8) is 0 Å². The third kappa shape index (κ3) is 4.26. The maximum atomic E-state index is 13.4. The number of carbonyl (C=O) groups is 1. The fourth-order valence-electron chi connectivity index (χ4n) is 4.51. The fraction of sp³-hybridized carbons (Fsp3) is 0.375. The van der Waals surface area contributed by atoms with Gasteiger partial charge in [-0.05, 0) is 47.5 Å². The number of nitrogens with zero attached hydrogens (tertiary/aromatic N) is 2. The molecule has 10 heteroatoms. The van der Waals surface area contributed by atoms with Crippen LogP contribution in [0.15, 0.2) is 39.2 Å².